The molecule has 0 saturated heterocycles. The van der Waals surface area contributed by atoms with Gasteiger partial charge in [0, 0.05) is 17.4 Å². The maximum Gasteiger partial charge on any atom is 0.345 e. The summed E-state index contributed by atoms with van der Waals surface area (Å²) in [6.45, 7) is 0. The third kappa shape index (κ3) is 2.33. The Morgan fingerprint density at radius 3 is 2.50 bits per heavy atom. The number of rotatable bonds is 3. The summed E-state index contributed by atoms with van der Waals surface area (Å²) in [7, 11) is 0. The van der Waals surface area contributed by atoms with Gasteiger partial charge in [0.1, 0.15) is 6.29 Å². The molecule has 0 spiro atoms. The molecule has 5 heteroatoms. The van der Waals surface area contributed by atoms with Crippen LogP contribution in [0.3, 0.4) is 0 Å². The van der Waals surface area contributed by atoms with Crippen molar-refractivity contribution in [3.8, 4) is 0 Å². The lowest BCUT2D eigenvalue weighted by Gasteiger charge is -2.04. The maximum atomic E-state index is 10.7. The molecule has 5 nitrogen and oxygen atoms in total. The SMILES string of the molecule is O=Cc1ccc(Nc2cnc(=O)[nH]c2)cc1. The quantitative estimate of drug-likeness (QED) is 0.757. The standard InChI is InChI=1S/C11H9N3O2/c15-7-8-1-3-9(4-2-8)14-10-5-12-11(16)13-6-10/h1-7,14H,(H,12,13,16). The van der Waals surface area contributed by atoms with Gasteiger partial charge in [0.15, 0.2) is 0 Å². The van der Waals surface area contributed by atoms with Gasteiger partial charge in [-0.2, -0.15) is 4.98 Å². The molecule has 0 atom stereocenters. The van der Waals surface area contributed by atoms with Crippen LogP contribution >= 0.6 is 0 Å². The van der Waals surface area contributed by atoms with Gasteiger partial charge in [-0.05, 0) is 24.3 Å². The third-order valence-corrected chi connectivity index (χ3v) is 2.01. The normalized spacial score (nSPS) is 9.75. The molecule has 0 fully saturated rings. The van der Waals surface area contributed by atoms with E-state index in [1.807, 2.05) is 0 Å². The average molecular weight is 215 g/mol. The number of carbonyl (C=O) groups is 1. The Morgan fingerprint density at radius 2 is 1.94 bits per heavy atom. The Balaban J connectivity index is 2.17. The van der Waals surface area contributed by atoms with Gasteiger partial charge in [0.05, 0.1) is 11.9 Å². The summed E-state index contributed by atoms with van der Waals surface area (Å²) in [5.74, 6) is 0. The number of aldehydes is 1. The van der Waals surface area contributed by atoms with Crippen molar-refractivity contribution in [2.24, 2.45) is 0 Å². The van der Waals surface area contributed by atoms with Crippen LogP contribution in [-0.4, -0.2) is 16.3 Å². The number of aromatic amines is 1. The molecule has 0 aliphatic rings. The van der Waals surface area contributed by atoms with E-state index in [1.165, 1.54) is 12.4 Å². The molecule has 0 radical (unpaired) electrons. The molecule has 0 aliphatic heterocycles. The number of aromatic nitrogens is 2. The molecule has 16 heavy (non-hydrogen) atoms. The summed E-state index contributed by atoms with van der Waals surface area (Å²) in [4.78, 5) is 27.2. The second-order valence-corrected chi connectivity index (χ2v) is 3.17. The fourth-order valence-electron chi connectivity index (χ4n) is 1.22. The molecule has 80 valence electrons. The van der Waals surface area contributed by atoms with Crippen molar-refractivity contribution in [3.05, 3.63) is 52.7 Å². The lowest BCUT2D eigenvalue weighted by atomic mass is 10.2. The second-order valence-electron chi connectivity index (χ2n) is 3.17. The third-order valence-electron chi connectivity index (χ3n) is 2.01. The van der Waals surface area contributed by atoms with Crippen molar-refractivity contribution >= 4 is 17.7 Å². The molecule has 1 heterocycles. The van der Waals surface area contributed by atoms with Gasteiger partial charge in [0.2, 0.25) is 0 Å². The zero-order valence-electron chi connectivity index (χ0n) is 8.31. The molecule has 2 N–H and O–H groups in total. The first-order chi connectivity index (χ1) is 7.78. The molecule has 1 aromatic heterocycles. The monoisotopic (exact) mass is 215 g/mol. The Bertz CT molecular complexity index is 525. The van der Waals surface area contributed by atoms with Crippen LogP contribution in [-0.2, 0) is 0 Å². The van der Waals surface area contributed by atoms with Crippen LogP contribution < -0.4 is 11.0 Å². The highest BCUT2D eigenvalue weighted by Crippen LogP contribution is 2.13. The summed E-state index contributed by atoms with van der Waals surface area (Å²) in [5.41, 5.74) is 1.73. The van der Waals surface area contributed by atoms with Crippen LogP contribution in [0.25, 0.3) is 0 Å². The Labute approximate surface area is 91.2 Å². The van der Waals surface area contributed by atoms with Crippen molar-refractivity contribution in [1.82, 2.24) is 9.97 Å². The number of hydrogen-bond donors (Lipinski definition) is 2. The number of nitrogens with zero attached hydrogens (tertiary/aromatic N) is 1. The summed E-state index contributed by atoms with van der Waals surface area (Å²) in [6, 6.07) is 6.95. The van der Waals surface area contributed by atoms with Crippen LogP contribution in [0, 0.1) is 0 Å². The van der Waals surface area contributed by atoms with E-state index in [9.17, 15) is 9.59 Å². The zero-order valence-corrected chi connectivity index (χ0v) is 8.31. The highest BCUT2D eigenvalue weighted by Gasteiger charge is 1.95. The fourth-order valence-corrected chi connectivity index (χ4v) is 1.22. The minimum Gasteiger partial charge on any atom is -0.353 e. The summed E-state index contributed by atoms with van der Waals surface area (Å²) >= 11 is 0. The molecule has 0 saturated carbocycles. The Kier molecular flexibility index (Phi) is 2.77. The van der Waals surface area contributed by atoms with E-state index in [4.69, 9.17) is 0 Å². The first kappa shape index (κ1) is 10.1. The fraction of sp³-hybridized carbons (Fsp3) is 0. The number of carbonyl (C=O) groups excluding carboxylic acids is 1. The van der Waals surface area contributed by atoms with E-state index < -0.39 is 0 Å². The molecule has 0 bridgehead atoms. The summed E-state index contributed by atoms with van der Waals surface area (Å²) in [5, 5.41) is 3.03. The lowest BCUT2D eigenvalue weighted by molar-refractivity contribution is 0.112. The van der Waals surface area contributed by atoms with Gasteiger partial charge in [0.25, 0.3) is 0 Å². The predicted octanol–water partition coefficient (Wildman–Crippen LogP) is 1.33. The maximum absolute atomic E-state index is 10.7. The largest absolute Gasteiger partial charge is 0.353 e. The van der Waals surface area contributed by atoms with Crippen molar-refractivity contribution in [3.63, 3.8) is 0 Å². The van der Waals surface area contributed by atoms with E-state index >= 15 is 0 Å². The molecular formula is C11H9N3O2. The topological polar surface area (TPSA) is 74.8 Å². The van der Waals surface area contributed by atoms with Crippen molar-refractivity contribution in [2.45, 2.75) is 0 Å². The van der Waals surface area contributed by atoms with Gasteiger partial charge in [-0.25, -0.2) is 4.79 Å². The van der Waals surface area contributed by atoms with E-state index in [-0.39, 0.29) is 5.69 Å². The van der Waals surface area contributed by atoms with Crippen LogP contribution in [0.1, 0.15) is 10.4 Å². The van der Waals surface area contributed by atoms with Crippen molar-refractivity contribution in [2.75, 3.05) is 5.32 Å². The van der Waals surface area contributed by atoms with Gasteiger partial charge < -0.3 is 10.3 Å². The van der Waals surface area contributed by atoms with Crippen molar-refractivity contribution < 1.29 is 4.79 Å². The first-order valence-corrected chi connectivity index (χ1v) is 4.65. The Hall–Kier alpha value is -2.43. The number of anilines is 2. The van der Waals surface area contributed by atoms with E-state index in [0.717, 1.165) is 12.0 Å². The molecule has 0 unspecified atom stereocenters. The van der Waals surface area contributed by atoms with Gasteiger partial charge in [-0.15, -0.1) is 0 Å². The van der Waals surface area contributed by atoms with Gasteiger partial charge >= 0.3 is 5.69 Å². The highest BCUT2D eigenvalue weighted by atomic mass is 16.1. The van der Waals surface area contributed by atoms with Crippen LogP contribution in [0.5, 0.6) is 0 Å². The van der Waals surface area contributed by atoms with Crippen LogP contribution in [0.15, 0.2) is 41.5 Å². The number of nitrogens with one attached hydrogen (secondary N) is 2. The molecule has 0 amide bonds. The highest BCUT2D eigenvalue weighted by molar-refractivity contribution is 5.76. The van der Waals surface area contributed by atoms with Crippen LogP contribution in [0.2, 0.25) is 0 Å². The van der Waals surface area contributed by atoms with E-state index in [1.54, 1.807) is 24.3 Å². The molecular weight excluding hydrogens is 206 g/mol. The average Bonchev–Trinajstić information content (AvgIpc) is 2.33. The van der Waals surface area contributed by atoms with E-state index in [0.29, 0.717) is 11.3 Å². The van der Waals surface area contributed by atoms with Crippen LogP contribution in [0.4, 0.5) is 11.4 Å². The van der Waals surface area contributed by atoms with Gasteiger partial charge in [-0.3, -0.25) is 4.79 Å². The lowest BCUT2D eigenvalue weighted by Crippen LogP contribution is -2.08. The first-order valence-electron chi connectivity index (χ1n) is 4.65. The molecule has 0 aliphatic carbocycles. The smallest absolute Gasteiger partial charge is 0.345 e. The molecule has 2 rings (SSSR count). The predicted molar refractivity (Wildman–Crippen MR) is 60.0 cm³/mol. The molecule has 2 aromatic rings. The molecule has 1 aromatic carbocycles. The minimum atomic E-state index is -0.387. The number of benzene rings is 1. The summed E-state index contributed by atoms with van der Waals surface area (Å²) in [6.07, 6.45) is 3.75. The van der Waals surface area contributed by atoms with E-state index in [2.05, 4.69) is 15.3 Å². The summed E-state index contributed by atoms with van der Waals surface area (Å²) < 4.78 is 0. The number of H-pyrrole nitrogens is 1. The zero-order chi connectivity index (χ0) is 11.4. The van der Waals surface area contributed by atoms with Gasteiger partial charge in [-0.1, -0.05) is 0 Å². The van der Waals surface area contributed by atoms with Crippen molar-refractivity contribution in [1.29, 1.82) is 0 Å². The second kappa shape index (κ2) is 4.39. The minimum absolute atomic E-state index is 0.387. The Morgan fingerprint density at radius 1 is 1.19 bits per heavy atom. The number of hydrogen-bond acceptors (Lipinski definition) is 4.